The molecule has 0 bridgehead atoms. The third kappa shape index (κ3) is 4.92. The van der Waals surface area contributed by atoms with Crippen molar-refractivity contribution < 1.29 is 23.5 Å². The van der Waals surface area contributed by atoms with E-state index in [-0.39, 0.29) is 25.0 Å². The van der Waals surface area contributed by atoms with Crippen LogP contribution in [0.4, 0.5) is 20.6 Å². The van der Waals surface area contributed by atoms with E-state index in [4.69, 9.17) is 4.74 Å². The Balaban J connectivity index is 1.42. The van der Waals surface area contributed by atoms with Crippen LogP contribution in [0.5, 0.6) is 0 Å². The van der Waals surface area contributed by atoms with Gasteiger partial charge in [0, 0.05) is 26.1 Å². The molecule has 2 saturated heterocycles. The summed E-state index contributed by atoms with van der Waals surface area (Å²) in [4.78, 5) is 39.5. The first-order valence-electron chi connectivity index (χ1n) is 11.0. The third-order valence-corrected chi connectivity index (χ3v) is 6.16. The summed E-state index contributed by atoms with van der Waals surface area (Å²) in [6.45, 7) is 2.86. The van der Waals surface area contributed by atoms with Crippen LogP contribution in [0.25, 0.3) is 0 Å². The van der Waals surface area contributed by atoms with Crippen molar-refractivity contribution in [1.29, 1.82) is 5.26 Å². The molecule has 10 heteroatoms. The number of nitrogens with zero attached hydrogens (tertiary/aromatic N) is 4. The Morgan fingerprint density at radius 2 is 2.09 bits per heavy atom. The largest absolute Gasteiger partial charge is 0.442 e. The maximum atomic E-state index is 15.0. The van der Waals surface area contributed by atoms with Crippen molar-refractivity contribution in [2.75, 3.05) is 36.0 Å². The fraction of sp³-hybridized carbons (Fsp3) is 0.478. The quantitative estimate of drug-likeness (QED) is 0.500. The SMILES string of the molecule is CC(=O)NC[C@H]1CN(c2ccc(N3CCC(=C(C#N)N(C=O)C4CC4)CC3)c(F)c2)C(=O)O1. The Hall–Kier alpha value is -3.61. The first-order chi connectivity index (χ1) is 15.9. The molecular weight excluding hydrogens is 429 g/mol. The minimum absolute atomic E-state index is 0.128. The number of nitriles is 1. The molecule has 0 unspecified atom stereocenters. The molecule has 1 aromatic carbocycles. The van der Waals surface area contributed by atoms with Gasteiger partial charge in [0.15, 0.2) is 0 Å². The highest BCUT2D eigenvalue weighted by Gasteiger charge is 2.34. The molecule has 1 saturated carbocycles. The number of benzene rings is 1. The number of cyclic esters (lactones) is 1. The predicted molar refractivity (Wildman–Crippen MR) is 118 cm³/mol. The maximum absolute atomic E-state index is 15.0. The second kappa shape index (κ2) is 9.48. The molecule has 9 nitrogen and oxygen atoms in total. The van der Waals surface area contributed by atoms with Crippen LogP contribution in [-0.4, -0.2) is 61.6 Å². The van der Waals surface area contributed by atoms with Crippen LogP contribution in [0.1, 0.15) is 32.6 Å². The molecule has 33 heavy (non-hydrogen) atoms. The lowest BCUT2D eigenvalue weighted by Gasteiger charge is -2.32. The van der Waals surface area contributed by atoms with Gasteiger partial charge in [-0.1, -0.05) is 0 Å². The Labute approximate surface area is 191 Å². The summed E-state index contributed by atoms with van der Waals surface area (Å²) in [5.41, 5.74) is 2.18. The Morgan fingerprint density at radius 1 is 1.36 bits per heavy atom. The Morgan fingerprint density at radius 3 is 2.67 bits per heavy atom. The second-order valence-corrected chi connectivity index (χ2v) is 8.48. The number of ether oxygens (including phenoxy) is 1. The molecule has 3 amide bonds. The number of nitrogens with one attached hydrogen (secondary N) is 1. The molecule has 0 radical (unpaired) electrons. The van der Waals surface area contributed by atoms with Crippen LogP contribution in [0.3, 0.4) is 0 Å². The molecule has 1 aromatic rings. The molecule has 1 aliphatic carbocycles. The van der Waals surface area contributed by atoms with Crippen molar-refractivity contribution in [2.45, 2.75) is 44.8 Å². The molecule has 4 rings (SSSR count). The fourth-order valence-corrected chi connectivity index (χ4v) is 4.26. The van der Waals surface area contributed by atoms with Crippen LogP contribution < -0.4 is 15.1 Å². The van der Waals surface area contributed by atoms with Crippen LogP contribution in [0.15, 0.2) is 29.5 Å². The monoisotopic (exact) mass is 455 g/mol. The molecule has 1 N–H and O–H groups in total. The van der Waals surface area contributed by atoms with E-state index in [1.807, 2.05) is 4.90 Å². The summed E-state index contributed by atoms with van der Waals surface area (Å²) in [7, 11) is 0. The summed E-state index contributed by atoms with van der Waals surface area (Å²) in [5.74, 6) is -0.668. The topological polar surface area (TPSA) is 106 Å². The zero-order chi connectivity index (χ0) is 23.5. The van der Waals surface area contributed by atoms with Gasteiger partial charge in [-0.2, -0.15) is 5.26 Å². The molecule has 3 fully saturated rings. The van der Waals surface area contributed by atoms with E-state index in [2.05, 4.69) is 11.4 Å². The molecule has 2 aliphatic heterocycles. The van der Waals surface area contributed by atoms with E-state index in [9.17, 15) is 24.0 Å². The van der Waals surface area contributed by atoms with Crippen molar-refractivity contribution in [3.63, 3.8) is 0 Å². The second-order valence-electron chi connectivity index (χ2n) is 8.48. The number of allylic oxidation sites excluding steroid dienone is 1. The average Bonchev–Trinajstić information content (AvgIpc) is 3.57. The van der Waals surface area contributed by atoms with Crippen molar-refractivity contribution >= 4 is 29.8 Å². The highest BCUT2D eigenvalue weighted by atomic mass is 19.1. The van der Waals surface area contributed by atoms with Gasteiger partial charge in [-0.3, -0.25) is 14.5 Å². The van der Waals surface area contributed by atoms with Gasteiger partial charge < -0.3 is 19.9 Å². The molecular formula is C23H26FN5O4. The lowest BCUT2D eigenvalue weighted by molar-refractivity contribution is -0.119. The molecule has 0 aromatic heterocycles. The number of carbonyl (C=O) groups excluding carboxylic acids is 3. The van der Waals surface area contributed by atoms with Gasteiger partial charge in [-0.25, -0.2) is 9.18 Å². The van der Waals surface area contributed by atoms with Crippen LogP contribution in [-0.2, 0) is 14.3 Å². The van der Waals surface area contributed by atoms with Crippen molar-refractivity contribution in [3.8, 4) is 6.07 Å². The zero-order valence-corrected chi connectivity index (χ0v) is 18.4. The summed E-state index contributed by atoms with van der Waals surface area (Å²) in [6, 6.07) is 6.93. The van der Waals surface area contributed by atoms with Gasteiger partial charge in [0.25, 0.3) is 0 Å². The smallest absolute Gasteiger partial charge is 0.414 e. The average molecular weight is 455 g/mol. The Kier molecular flexibility index (Phi) is 6.49. The van der Waals surface area contributed by atoms with Gasteiger partial charge >= 0.3 is 6.09 Å². The van der Waals surface area contributed by atoms with E-state index in [0.717, 1.165) is 24.8 Å². The number of hydrogen-bond donors (Lipinski definition) is 1. The van der Waals surface area contributed by atoms with Gasteiger partial charge in [0.1, 0.15) is 23.7 Å². The minimum Gasteiger partial charge on any atom is -0.442 e. The first kappa shape index (κ1) is 22.6. The summed E-state index contributed by atoms with van der Waals surface area (Å²) < 4.78 is 20.2. The number of amides is 3. The highest BCUT2D eigenvalue weighted by molar-refractivity contribution is 5.90. The van der Waals surface area contributed by atoms with Gasteiger partial charge in [-0.15, -0.1) is 0 Å². The lowest BCUT2D eigenvalue weighted by Crippen LogP contribution is -2.34. The number of halogens is 1. The summed E-state index contributed by atoms with van der Waals surface area (Å²) in [6.07, 6.45) is 2.64. The van der Waals surface area contributed by atoms with Crippen molar-refractivity contribution in [2.24, 2.45) is 0 Å². The highest BCUT2D eigenvalue weighted by Crippen LogP contribution is 2.34. The summed E-state index contributed by atoms with van der Waals surface area (Å²) >= 11 is 0. The minimum atomic E-state index is -0.579. The molecule has 3 aliphatic rings. The van der Waals surface area contributed by atoms with Gasteiger partial charge in [0.05, 0.1) is 24.5 Å². The third-order valence-electron chi connectivity index (χ3n) is 6.16. The van der Waals surface area contributed by atoms with Crippen molar-refractivity contribution in [1.82, 2.24) is 10.2 Å². The van der Waals surface area contributed by atoms with Crippen LogP contribution >= 0.6 is 0 Å². The molecule has 0 spiro atoms. The van der Waals surface area contributed by atoms with E-state index in [1.54, 1.807) is 12.1 Å². The van der Waals surface area contributed by atoms with E-state index in [1.165, 1.54) is 22.8 Å². The Bertz CT molecular complexity index is 1020. The van der Waals surface area contributed by atoms with Crippen LogP contribution in [0, 0.1) is 17.1 Å². The zero-order valence-electron chi connectivity index (χ0n) is 18.4. The lowest BCUT2D eigenvalue weighted by atomic mass is 10.0. The van der Waals surface area contributed by atoms with Crippen LogP contribution in [0.2, 0.25) is 0 Å². The molecule has 1 atom stereocenters. The van der Waals surface area contributed by atoms with Gasteiger partial charge in [0.2, 0.25) is 12.3 Å². The molecule has 2 heterocycles. The number of carbonyl (C=O) groups is 3. The standard InChI is InChI=1S/C23H26FN5O4/c1-15(31)26-12-19-13-28(23(32)33-19)18-4-5-21(20(24)10-18)27-8-6-16(7-9-27)22(11-25)29(14-30)17-2-3-17/h4-5,10,14,17,19H,2-3,6-9,12-13H2,1H3,(H,26,31)/t19-/m0/s1. The fourth-order valence-electron chi connectivity index (χ4n) is 4.26. The number of hydrogen-bond acceptors (Lipinski definition) is 6. The maximum Gasteiger partial charge on any atom is 0.414 e. The van der Waals surface area contributed by atoms with Gasteiger partial charge in [-0.05, 0) is 49.5 Å². The number of anilines is 2. The van der Waals surface area contributed by atoms with Crippen molar-refractivity contribution in [3.05, 3.63) is 35.3 Å². The number of piperidine rings is 1. The normalized spacial score (nSPS) is 20.2. The van der Waals surface area contributed by atoms with E-state index in [0.29, 0.717) is 43.0 Å². The summed E-state index contributed by atoms with van der Waals surface area (Å²) in [5, 5.41) is 12.2. The number of rotatable bonds is 7. The van der Waals surface area contributed by atoms with E-state index < -0.39 is 18.0 Å². The first-order valence-corrected chi connectivity index (χ1v) is 11.0. The predicted octanol–water partition coefficient (Wildman–Crippen LogP) is 2.29. The molecule has 174 valence electrons. The van der Waals surface area contributed by atoms with E-state index >= 15 is 0 Å².